The fourth-order valence-electron chi connectivity index (χ4n) is 3.35. The van der Waals surface area contributed by atoms with Crippen molar-refractivity contribution in [2.45, 2.75) is 50.6 Å². The lowest BCUT2D eigenvalue weighted by atomic mass is 9.78. The Morgan fingerprint density at radius 2 is 1.76 bits per heavy atom. The lowest BCUT2D eigenvalue weighted by Crippen LogP contribution is -2.70. The number of piperazine rings is 1. The predicted molar refractivity (Wildman–Crippen MR) is 85.0 cm³/mol. The van der Waals surface area contributed by atoms with Crippen molar-refractivity contribution in [1.82, 2.24) is 5.32 Å². The average molecular weight is 351 g/mol. The van der Waals surface area contributed by atoms with E-state index >= 15 is 0 Å². The van der Waals surface area contributed by atoms with Crippen LogP contribution in [-0.2, 0) is 9.59 Å². The molecule has 2 fully saturated rings. The van der Waals surface area contributed by atoms with Crippen LogP contribution in [0.4, 0.5) is 5.69 Å². The number of rotatable bonds is 1. The Morgan fingerprint density at radius 1 is 1.14 bits per heavy atom. The molecule has 1 aliphatic heterocycles. The lowest BCUT2D eigenvalue weighted by molar-refractivity contribution is -0.139. The van der Waals surface area contributed by atoms with E-state index in [4.69, 9.17) is 0 Å². The van der Waals surface area contributed by atoms with Crippen LogP contribution in [0.2, 0.25) is 0 Å². The second-order valence-electron chi connectivity index (χ2n) is 5.96. The Kier molecular flexibility index (Phi) is 3.78. The zero-order chi connectivity index (χ0) is 15.0. The highest BCUT2D eigenvalue weighted by Gasteiger charge is 2.50. The summed E-state index contributed by atoms with van der Waals surface area (Å²) in [6.07, 6.45) is 4.62. The Balaban J connectivity index is 1.98. The molecular weight excluding hydrogens is 332 g/mol. The van der Waals surface area contributed by atoms with Crippen molar-refractivity contribution in [2.24, 2.45) is 0 Å². The van der Waals surface area contributed by atoms with Crippen molar-refractivity contribution < 1.29 is 9.59 Å². The first-order chi connectivity index (χ1) is 10.0. The van der Waals surface area contributed by atoms with Crippen molar-refractivity contribution in [3.05, 3.63) is 28.7 Å². The molecule has 112 valence electrons. The molecule has 3 rings (SSSR count). The van der Waals surface area contributed by atoms with Gasteiger partial charge in [0.05, 0.1) is 0 Å². The normalized spacial score (nSPS) is 25.0. The molecule has 0 bridgehead atoms. The maximum absolute atomic E-state index is 13.0. The summed E-state index contributed by atoms with van der Waals surface area (Å²) in [5.41, 5.74) is 0.102. The lowest BCUT2D eigenvalue weighted by Gasteiger charge is -2.46. The van der Waals surface area contributed by atoms with E-state index in [1.165, 1.54) is 0 Å². The van der Waals surface area contributed by atoms with Gasteiger partial charge >= 0.3 is 0 Å². The van der Waals surface area contributed by atoms with E-state index < -0.39 is 11.6 Å². The van der Waals surface area contributed by atoms with E-state index in [1.54, 1.807) is 11.8 Å². The van der Waals surface area contributed by atoms with Crippen LogP contribution in [0.15, 0.2) is 28.7 Å². The van der Waals surface area contributed by atoms with Crippen LogP contribution in [-0.4, -0.2) is 23.4 Å². The van der Waals surface area contributed by atoms with E-state index in [1.807, 2.05) is 24.3 Å². The number of carbonyl (C=O) groups excluding carboxylic acids is 2. The van der Waals surface area contributed by atoms with Gasteiger partial charge in [0.25, 0.3) is 5.91 Å². The molecule has 2 amide bonds. The monoisotopic (exact) mass is 350 g/mol. The van der Waals surface area contributed by atoms with Gasteiger partial charge in [0, 0.05) is 10.2 Å². The zero-order valence-corrected chi connectivity index (χ0v) is 13.6. The molecule has 1 aromatic rings. The van der Waals surface area contributed by atoms with Gasteiger partial charge in [-0.15, -0.1) is 0 Å². The molecule has 1 N–H and O–H groups in total. The number of nitrogens with one attached hydrogen (secondary N) is 1. The molecule has 1 saturated carbocycles. The van der Waals surface area contributed by atoms with Crippen LogP contribution in [0.1, 0.15) is 39.0 Å². The van der Waals surface area contributed by atoms with Gasteiger partial charge in [-0.3, -0.25) is 14.5 Å². The van der Waals surface area contributed by atoms with E-state index in [2.05, 4.69) is 21.2 Å². The first-order valence-electron chi connectivity index (χ1n) is 7.45. The standard InChI is InChI=1S/C16H19BrN2O2/c1-11-14(20)18-16(9-3-2-4-10-16)15(21)19(11)13-7-5-12(17)6-8-13/h5-8,11H,2-4,9-10H2,1H3,(H,18,20). The molecule has 1 aromatic carbocycles. The van der Waals surface area contributed by atoms with Crippen LogP contribution < -0.4 is 10.2 Å². The number of carbonyl (C=O) groups is 2. The summed E-state index contributed by atoms with van der Waals surface area (Å²) in [7, 11) is 0. The Hall–Kier alpha value is -1.36. The molecule has 4 nitrogen and oxygen atoms in total. The molecule has 2 aliphatic rings. The molecular formula is C16H19BrN2O2. The fourth-order valence-corrected chi connectivity index (χ4v) is 3.62. The van der Waals surface area contributed by atoms with E-state index in [9.17, 15) is 9.59 Å². The van der Waals surface area contributed by atoms with Crippen molar-refractivity contribution in [2.75, 3.05) is 4.90 Å². The third-order valence-electron chi connectivity index (χ3n) is 4.57. The predicted octanol–water partition coefficient (Wildman–Crippen LogP) is 3.00. The molecule has 1 atom stereocenters. The molecule has 0 aromatic heterocycles. The minimum Gasteiger partial charge on any atom is -0.340 e. The number of anilines is 1. The van der Waals surface area contributed by atoms with Crippen LogP contribution in [0.5, 0.6) is 0 Å². The maximum atomic E-state index is 13.0. The van der Waals surface area contributed by atoms with Gasteiger partial charge in [-0.25, -0.2) is 0 Å². The minimum atomic E-state index is -0.686. The number of hydrogen-bond donors (Lipinski definition) is 1. The quantitative estimate of drug-likeness (QED) is 0.846. The van der Waals surface area contributed by atoms with Crippen LogP contribution in [0.25, 0.3) is 0 Å². The van der Waals surface area contributed by atoms with Gasteiger partial charge in [-0.2, -0.15) is 0 Å². The Bertz CT molecular complexity index is 564. The third-order valence-corrected chi connectivity index (χ3v) is 5.10. The first-order valence-corrected chi connectivity index (χ1v) is 8.24. The number of benzene rings is 1. The highest BCUT2D eigenvalue weighted by atomic mass is 79.9. The maximum Gasteiger partial charge on any atom is 0.253 e. The minimum absolute atomic E-state index is 0.0385. The SMILES string of the molecule is CC1C(=O)NC2(CCCCC2)C(=O)N1c1ccc(Br)cc1. The van der Waals surface area contributed by atoms with Crippen molar-refractivity contribution in [3.8, 4) is 0 Å². The zero-order valence-electron chi connectivity index (χ0n) is 12.1. The summed E-state index contributed by atoms with van der Waals surface area (Å²) in [4.78, 5) is 27.1. The van der Waals surface area contributed by atoms with Gasteiger partial charge in [-0.05, 0) is 44.0 Å². The van der Waals surface area contributed by atoms with Gasteiger partial charge in [0.15, 0.2) is 0 Å². The number of hydrogen-bond acceptors (Lipinski definition) is 2. The molecule has 1 aliphatic carbocycles. The summed E-state index contributed by atoms with van der Waals surface area (Å²) in [5.74, 6) is -0.0176. The van der Waals surface area contributed by atoms with Crippen molar-refractivity contribution in [1.29, 1.82) is 0 Å². The summed E-state index contributed by atoms with van der Waals surface area (Å²) in [5, 5.41) is 3.00. The van der Waals surface area contributed by atoms with Gasteiger partial charge in [-0.1, -0.05) is 35.2 Å². The molecule has 5 heteroatoms. The second-order valence-corrected chi connectivity index (χ2v) is 6.88. The van der Waals surface area contributed by atoms with E-state index in [-0.39, 0.29) is 11.8 Å². The van der Waals surface area contributed by atoms with Gasteiger partial charge < -0.3 is 5.32 Å². The molecule has 1 saturated heterocycles. The summed E-state index contributed by atoms with van der Waals surface area (Å²) < 4.78 is 0.959. The molecule has 1 unspecified atom stereocenters. The van der Waals surface area contributed by atoms with Gasteiger partial charge in [0.2, 0.25) is 5.91 Å². The number of amides is 2. The first kappa shape index (κ1) is 14.6. The summed E-state index contributed by atoms with van der Waals surface area (Å²) in [6.45, 7) is 1.78. The van der Waals surface area contributed by atoms with Crippen LogP contribution >= 0.6 is 15.9 Å². The topological polar surface area (TPSA) is 49.4 Å². The Labute approximate surface area is 133 Å². The average Bonchev–Trinajstić information content (AvgIpc) is 2.49. The fraction of sp³-hybridized carbons (Fsp3) is 0.500. The summed E-state index contributed by atoms with van der Waals surface area (Å²) >= 11 is 3.40. The number of halogens is 1. The van der Waals surface area contributed by atoms with Crippen molar-refractivity contribution >= 4 is 33.4 Å². The molecule has 1 spiro atoms. The second kappa shape index (κ2) is 5.44. The van der Waals surface area contributed by atoms with Crippen LogP contribution in [0, 0.1) is 0 Å². The molecule has 21 heavy (non-hydrogen) atoms. The van der Waals surface area contributed by atoms with E-state index in [0.717, 1.165) is 42.3 Å². The number of nitrogens with zero attached hydrogens (tertiary/aromatic N) is 1. The summed E-state index contributed by atoms with van der Waals surface area (Å²) in [6, 6.07) is 7.10. The largest absolute Gasteiger partial charge is 0.340 e. The third kappa shape index (κ3) is 2.48. The smallest absolute Gasteiger partial charge is 0.253 e. The highest BCUT2D eigenvalue weighted by molar-refractivity contribution is 9.10. The molecule has 1 heterocycles. The van der Waals surface area contributed by atoms with Gasteiger partial charge in [0.1, 0.15) is 11.6 Å². The van der Waals surface area contributed by atoms with E-state index in [0.29, 0.717) is 0 Å². The Morgan fingerprint density at radius 3 is 2.38 bits per heavy atom. The highest BCUT2D eigenvalue weighted by Crippen LogP contribution is 2.35. The molecule has 0 radical (unpaired) electrons. The van der Waals surface area contributed by atoms with Crippen molar-refractivity contribution in [3.63, 3.8) is 0 Å². The van der Waals surface area contributed by atoms with Crippen LogP contribution in [0.3, 0.4) is 0 Å².